The SMILES string of the molecule is CCNC(C)C(CC)c1nc(-c2ccc(F)cc2Br)no1. The minimum absolute atomic E-state index is 0.158. The summed E-state index contributed by atoms with van der Waals surface area (Å²) < 4.78 is 19.2. The summed E-state index contributed by atoms with van der Waals surface area (Å²) in [7, 11) is 0. The van der Waals surface area contributed by atoms with Crippen LogP contribution in [0.2, 0.25) is 0 Å². The van der Waals surface area contributed by atoms with Crippen LogP contribution in [0.4, 0.5) is 4.39 Å². The van der Waals surface area contributed by atoms with E-state index in [0.717, 1.165) is 18.5 Å². The molecule has 114 valence electrons. The number of nitrogens with zero attached hydrogens (tertiary/aromatic N) is 2. The highest BCUT2D eigenvalue weighted by atomic mass is 79.9. The molecule has 0 aliphatic rings. The van der Waals surface area contributed by atoms with Crippen LogP contribution in [0, 0.1) is 5.82 Å². The summed E-state index contributed by atoms with van der Waals surface area (Å²) in [6.45, 7) is 7.16. The molecule has 0 spiro atoms. The Morgan fingerprint density at radius 1 is 1.38 bits per heavy atom. The van der Waals surface area contributed by atoms with Crippen molar-refractivity contribution in [1.82, 2.24) is 15.5 Å². The standard InChI is InChI=1S/C15H19BrFN3O/c1-4-11(9(3)18-5-2)15-19-14(20-21-15)12-7-6-10(17)8-13(12)16/h6-9,11,18H,4-5H2,1-3H3. The van der Waals surface area contributed by atoms with Gasteiger partial charge in [-0.05, 0) is 54.0 Å². The average molecular weight is 356 g/mol. The Morgan fingerprint density at radius 3 is 2.76 bits per heavy atom. The maximum Gasteiger partial charge on any atom is 0.231 e. The fourth-order valence-corrected chi connectivity index (χ4v) is 2.90. The zero-order valence-corrected chi connectivity index (χ0v) is 13.9. The molecule has 4 nitrogen and oxygen atoms in total. The van der Waals surface area contributed by atoms with Crippen LogP contribution in [-0.4, -0.2) is 22.7 Å². The van der Waals surface area contributed by atoms with E-state index in [1.165, 1.54) is 12.1 Å². The number of halogens is 2. The van der Waals surface area contributed by atoms with E-state index in [1.807, 2.05) is 0 Å². The van der Waals surface area contributed by atoms with Gasteiger partial charge in [0.25, 0.3) is 0 Å². The number of likely N-dealkylation sites (N-methyl/N-ethyl adjacent to an activating group) is 1. The van der Waals surface area contributed by atoms with E-state index in [0.29, 0.717) is 16.2 Å². The first-order valence-electron chi connectivity index (χ1n) is 7.09. The van der Waals surface area contributed by atoms with E-state index in [4.69, 9.17) is 4.52 Å². The lowest BCUT2D eigenvalue weighted by Gasteiger charge is -2.19. The molecule has 0 amide bonds. The van der Waals surface area contributed by atoms with Gasteiger partial charge in [-0.1, -0.05) is 19.0 Å². The van der Waals surface area contributed by atoms with Crippen LogP contribution in [-0.2, 0) is 0 Å². The minimum Gasteiger partial charge on any atom is -0.339 e. The molecule has 1 aromatic carbocycles. The third-order valence-corrected chi connectivity index (χ3v) is 4.16. The Balaban J connectivity index is 2.28. The van der Waals surface area contributed by atoms with Gasteiger partial charge in [0.15, 0.2) is 0 Å². The Labute approximate surface area is 132 Å². The van der Waals surface area contributed by atoms with Gasteiger partial charge in [-0.15, -0.1) is 0 Å². The maximum absolute atomic E-state index is 13.1. The number of nitrogens with one attached hydrogen (secondary N) is 1. The van der Waals surface area contributed by atoms with Crippen molar-refractivity contribution in [2.75, 3.05) is 6.54 Å². The van der Waals surface area contributed by atoms with Crippen LogP contribution in [0.5, 0.6) is 0 Å². The van der Waals surface area contributed by atoms with Gasteiger partial charge in [0.2, 0.25) is 11.7 Å². The zero-order chi connectivity index (χ0) is 15.4. The second-order valence-corrected chi connectivity index (χ2v) is 5.80. The Morgan fingerprint density at radius 2 is 2.14 bits per heavy atom. The monoisotopic (exact) mass is 355 g/mol. The quantitative estimate of drug-likeness (QED) is 0.846. The van der Waals surface area contributed by atoms with Crippen molar-refractivity contribution < 1.29 is 8.91 Å². The lowest BCUT2D eigenvalue weighted by molar-refractivity contribution is 0.318. The number of hydrogen-bond donors (Lipinski definition) is 1. The molecule has 0 aliphatic heterocycles. The molecule has 6 heteroatoms. The molecule has 0 radical (unpaired) electrons. The molecular formula is C15H19BrFN3O. The summed E-state index contributed by atoms with van der Waals surface area (Å²) in [5.74, 6) is 0.933. The topological polar surface area (TPSA) is 51.0 Å². The predicted octanol–water partition coefficient (Wildman–Crippen LogP) is 4.13. The molecule has 0 aliphatic carbocycles. The van der Waals surface area contributed by atoms with Crippen molar-refractivity contribution in [3.63, 3.8) is 0 Å². The Kier molecular flexibility index (Phi) is 5.47. The Hall–Kier alpha value is -1.27. The van der Waals surface area contributed by atoms with Crippen LogP contribution in [0.3, 0.4) is 0 Å². The van der Waals surface area contributed by atoms with Crippen molar-refractivity contribution >= 4 is 15.9 Å². The molecule has 1 aromatic heterocycles. The van der Waals surface area contributed by atoms with Gasteiger partial charge >= 0.3 is 0 Å². The predicted molar refractivity (Wildman–Crippen MR) is 83.6 cm³/mol. The van der Waals surface area contributed by atoms with Crippen LogP contribution in [0.15, 0.2) is 27.2 Å². The van der Waals surface area contributed by atoms with Gasteiger partial charge in [-0.25, -0.2) is 4.39 Å². The summed E-state index contributed by atoms with van der Waals surface area (Å²) in [6, 6.07) is 4.67. The fourth-order valence-electron chi connectivity index (χ4n) is 2.37. The molecule has 2 rings (SSSR count). The molecule has 2 unspecified atom stereocenters. The lowest BCUT2D eigenvalue weighted by Crippen LogP contribution is -2.31. The third-order valence-electron chi connectivity index (χ3n) is 3.50. The third kappa shape index (κ3) is 3.68. The van der Waals surface area contributed by atoms with Crippen LogP contribution < -0.4 is 5.32 Å². The second-order valence-electron chi connectivity index (χ2n) is 4.94. The number of aromatic nitrogens is 2. The molecular weight excluding hydrogens is 337 g/mol. The molecule has 21 heavy (non-hydrogen) atoms. The first-order chi connectivity index (χ1) is 10.1. The van der Waals surface area contributed by atoms with E-state index in [2.05, 4.69) is 52.2 Å². The zero-order valence-electron chi connectivity index (χ0n) is 12.4. The molecule has 0 bridgehead atoms. The Bertz CT molecular complexity index is 602. The summed E-state index contributed by atoms with van der Waals surface area (Å²) in [5.41, 5.74) is 0.720. The molecule has 0 saturated heterocycles. The highest BCUT2D eigenvalue weighted by molar-refractivity contribution is 9.10. The van der Waals surface area contributed by atoms with Crippen LogP contribution in [0.25, 0.3) is 11.4 Å². The van der Waals surface area contributed by atoms with E-state index in [-0.39, 0.29) is 17.8 Å². The van der Waals surface area contributed by atoms with Crippen molar-refractivity contribution in [2.24, 2.45) is 0 Å². The smallest absolute Gasteiger partial charge is 0.231 e. The highest BCUT2D eigenvalue weighted by Crippen LogP contribution is 2.29. The highest BCUT2D eigenvalue weighted by Gasteiger charge is 2.23. The van der Waals surface area contributed by atoms with E-state index >= 15 is 0 Å². The summed E-state index contributed by atoms with van der Waals surface area (Å²) in [6.07, 6.45) is 0.903. The van der Waals surface area contributed by atoms with Crippen molar-refractivity contribution in [3.8, 4) is 11.4 Å². The van der Waals surface area contributed by atoms with Gasteiger partial charge in [0, 0.05) is 16.1 Å². The summed E-state index contributed by atoms with van der Waals surface area (Å²) >= 11 is 3.33. The van der Waals surface area contributed by atoms with Gasteiger partial charge in [-0.2, -0.15) is 4.98 Å². The lowest BCUT2D eigenvalue weighted by atomic mass is 9.98. The summed E-state index contributed by atoms with van der Waals surface area (Å²) in [4.78, 5) is 4.48. The van der Waals surface area contributed by atoms with Gasteiger partial charge < -0.3 is 9.84 Å². The number of rotatable bonds is 6. The van der Waals surface area contributed by atoms with Crippen LogP contribution >= 0.6 is 15.9 Å². The maximum atomic E-state index is 13.1. The first kappa shape index (κ1) is 16.1. The minimum atomic E-state index is -0.304. The van der Waals surface area contributed by atoms with Gasteiger partial charge in [0.1, 0.15) is 5.82 Å². The fraction of sp³-hybridized carbons (Fsp3) is 0.467. The number of benzene rings is 1. The first-order valence-corrected chi connectivity index (χ1v) is 7.88. The normalized spacial score (nSPS) is 14.1. The molecule has 1 heterocycles. The molecule has 1 N–H and O–H groups in total. The van der Waals surface area contributed by atoms with Crippen LogP contribution in [0.1, 0.15) is 39.0 Å². The largest absolute Gasteiger partial charge is 0.339 e. The van der Waals surface area contributed by atoms with Gasteiger partial charge in [-0.3, -0.25) is 0 Å². The van der Waals surface area contributed by atoms with Gasteiger partial charge in [0.05, 0.1) is 5.92 Å². The molecule has 2 atom stereocenters. The van der Waals surface area contributed by atoms with Crippen molar-refractivity contribution in [2.45, 2.75) is 39.2 Å². The molecule has 2 aromatic rings. The van der Waals surface area contributed by atoms with E-state index < -0.39 is 0 Å². The molecule has 0 saturated carbocycles. The van der Waals surface area contributed by atoms with E-state index in [1.54, 1.807) is 6.07 Å². The van der Waals surface area contributed by atoms with Crippen molar-refractivity contribution in [3.05, 3.63) is 34.4 Å². The van der Waals surface area contributed by atoms with Crippen molar-refractivity contribution in [1.29, 1.82) is 0 Å². The van der Waals surface area contributed by atoms with E-state index in [9.17, 15) is 4.39 Å². The average Bonchev–Trinajstić information content (AvgIpc) is 2.89. The molecule has 0 fully saturated rings. The summed E-state index contributed by atoms with van der Waals surface area (Å²) in [5, 5.41) is 7.40. The second kappa shape index (κ2) is 7.13. The number of hydrogen-bond acceptors (Lipinski definition) is 4.